The molecule has 3 heteroatoms. The summed E-state index contributed by atoms with van der Waals surface area (Å²) in [6.07, 6.45) is 6.66. The van der Waals surface area contributed by atoms with Crippen molar-refractivity contribution in [3.05, 3.63) is 102 Å². The third-order valence-corrected chi connectivity index (χ3v) is 6.47. The van der Waals surface area contributed by atoms with Crippen LogP contribution in [0, 0.1) is 12.8 Å². The van der Waals surface area contributed by atoms with Crippen molar-refractivity contribution in [1.82, 2.24) is 4.98 Å². The van der Waals surface area contributed by atoms with Crippen LogP contribution < -0.4 is 4.74 Å². The second kappa shape index (κ2) is 9.50. The van der Waals surface area contributed by atoms with Gasteiger partial charge in [-0.3, -0.25) is 0 Å². The van der Waals surface area contributed by atoms with Gasteiger partial charge < -0.3 is 9.15 Å². The largest absolute Gasteiger partial charge is 0.496 e. The van der Waals surface area contributed by atoms with Gasteiger partial charge in [0.25, 0.3) is 0 Å². The maximum atomic E-state index is 6.52. The van der Waals surface area contributed by atoms with Crippen molar-refractivity contribution in [1.29, 1.82) is 0 Å². The molecule has 4 aromatic rings. The summed E-state index contributed by atoms with van der Waals surface area (Å²) < 4.78 is 12.1. The first-order valence-electron chi connectivity index (χ1n) is 11.7. The molecule has 0 radical (unpaired) electrons. The van der Waals surface area contributed by atoms with Crippen LogP contribution in [0.25, 0.3) is 28.2 Å². The molecular weight excluding hydrogens is 406 g/mol. The molecule has 1 unspecified atom stereocenters. The Labute approximate surface area is 195 Å². The van der Waals surface area contributed by atoms with Crippen LogP contribution in [0.1, 0.15) is 36.3 Å². The number of methoxy groups -OCH3 is 1. The number of aromatic nitrogens is 1. The number of nitrogens with zero attached hydrogens (tertiary/aromatic N) is 1. The van der Waals surface area contributed by atoms with Crippen molar-refractivity contribution >= 4 is 5.57 Å². The molecule has 1 atom stereocenters. The number of rotatable bonds is 6. The Morgan fingerprint density at radius 2 is 1.67 bits per heavy atom. The molecule has 0 saturated carbocycles. The highest BCUT2D eigenvalue weighted by Gasteiger charge is 2.26. The van der Waals surface area contributed by atoms with Gasteiger partial charge in [0.2, 0.25) is 5.89 Å². The Morgan fingerprint density at radius 1 is 0.939 bits per heavy atom. The lowest BCUT2D eigenvalue weighted by molar-refractivity contribution is 0.410. The van der Waals surface area contributed by atoms with E-state index in [1.54, 1.807) is 7.11 Å². The van der Waals surface area contributed by atoms with Crippen LogP contribution in [0.4, 0.5) is 0 Å². The lowest BCUT2D eigenvalue weighted by Crippen LogP contribution is -2.11. The summed E-state index contributed by atoms with van der Waals surface area (Å²) in [5.41, 5.74) is 6.69. The van der Waals surface area contributed by atoms with Crippen molar-refractivity contribution in [2.24, 2.45) is 5.92 Å². The van der Waals surface area contributed by atoms with Gasteiger partial charge >= 0.3 is 0 Å². The minimum absolute atomic E-state index is 0.372. The van der Waals surface area contributed by atoms with Crippen molar-refractivity contribution < 1.29 is 9.15 Å². The van der Waals surface area contributed by atoms with E-state index in [1.807, 2.05) is 36.4 Å². The van der Waals surface area contributed by atoms with E-state index in [0.29, 0.717) is 5.92 Å². The highest BCUT2D eigenvalue weighted by atomic mass is 16.5. The SMILES string of the molecule is COc1cc(CC2CCCC=C2c2nc(-c3ccccc3)c(-c3ccccc3)o2)ccc1C. The first-order valence-corrected chi connectivity index (χ1v) is 11.7. The molecule has 0 fully saturated rings. The zero-order chi connectivity index (χ0) is 22.6. The average Bonchev–Trinajstić information content (AvgIpc) is 3.32. The maximum absolute atomic E-state index is 6.52. The van der Waals surface area contributed by atoms with Crippen LogP contribution >= 0.6 is 0 Å². The molecule has 0 aliphatic heterocycles. The summed E-state index contributed by atoms with van der Waals surface area (Å²) in [6.45, 7) is 2.08. The highest BCUT2D eigenvalue weighted by Crippen LogP contribution is 2.40. The summed E-state index contributed by atoms with van der Waals surface area (Å²) in [5, 5.41) is 0. The van der Waals surface area contributed by atoms with Gasteiger partial charge in [-0.05, 0) is 55.7 Å². The molecule has 1 aliphatic rings. The lowest BCUT2D eigenvalue weighted by Gasteiger charge is -2.23. The summed E-state index contributed by atoms with van der Waals surface area (Å²) >= 11 is 0. The number of ether oxygens (including phenoxy) is 1. The smallest absolute Gasteiger partial charge is 0.223 e. The monoisotopic (exact) mass is 435 g/mol. The van der Waals surface area contributed by atoms with Gasteiger partial charge in [-0.2, -0.15) is 0 Å². The number of aryl methyl sites for hydroxylation is 1. The van der Waals surface area contributed by atoms with E-state index in [0.717, 1.165) is 59.0 Å². The minimum atomic E-state index is 0.372. The topological polar surface area (TPSA) is 35.3 Å². The minimum Gasteiger partial charge on any atom is -0.496 e. The normalized spacial score (nSPS) is 15.8. The molecule has 166 valence electrons. The quantitative estimate of drug-likeness (QED) is 0.310. The van der Waals surface area contributed by atoms with E-state index >= 15 is 0 Å². The van der Waals surface area contributed by atoms with Crippen LogP contribution in [0.5, 0.6) is 5.75 Å². The Hall–Kier alpha value is -3.59. The summed E-state index contributed by atoms with van der Waals surface area (Å²) in [6, 6.07) is 27.1. The molecule has 5 rings (SSSR count). The fraction of sp³-hybridized carbons (Fsp3) is 0.233. The Bertz CT molecular complexity index is 1200. The van der Waals surface area contributed by atoms with Crippen LogP contribution in [0.15, 0.2) is 89.4 Å². The predicted molar refractivity (Wildman–Crippen MR) is 134 cm³/mol. The molecule has 0 N–H and O–H groups in total. The number of oxazole rings is 1. The third-order valence-electron chi connectivity index (χ3n) is 6.47. The van der Waals surface area contributed by atoms with Crippen LogP contribution in [0.3, 0.4) is 0 Å². The van der Waals surface area contributed by atoms with E-state index in [-0.39, 0.29) is 0 Å². The Morgan fingerprint density at radius 3 is 2.39 bits per heavy atom. The zero-order valence-corrected chi connectivity index (χ0v) is 19.3. The molecule has 1 aromatic heterocycles. The van der Waals surface area contributed by atoms with Gasteiger partial charge in [0.15, 0.2) is 5.76 Å². The molecule has 33 heavy (non-hydrogen) atoms. The van der Waals surface area contributed by atoms with Crippen molar-refractivity contribution in [2.75, 3.05) is 7.11 Å². The van der Waals surface area contributed by atoms with Crippen LogP contribution in [-0.4, -0.2) is 12.1 Å². The maximum Gasteiger partial charge on any atom is 0.223 e. The van der Waals surface area contributed by atoms with Crippen molar-refractivity contribution in [3.8, 4) is 28.3 Å². The van der Waals surface area contributed by atoms with Gasteiger partial charge in [0, 0.05) is 16.7 Å². The first kappa shape index (κ1) is 21.3. The van der Waals surface area contributed by atoms with Gasteiger partial charge in [-0.15, -0.1) is 0 Å². The van der Waals surface area contributed by atoms with E-state index in [2.05, 4.69) is 55.5 Å². The average molecular weight is 436 g/mol. The predicted octanol–water partition coefficient (Wildman–Crippen LogP) is 7.75. The van der Waals surface area contributed by atoms with Gasteiger partial charge in [0.05, 0.1) is 7.11 Å². The molecular formula is C30H29NO2. The van der Waals surface area contributed by atoms with Crippen LogP contribution in [0.2, 0.25) is 0 Å². The fourth-order valence-electron chi connectivity index (χ4n) is 4.71. The zero-order valence-electron chi connectivity index (χ0n) is 19.3. The third kappa shape index (κ3) is 4.49. The molecule has 0 saturated heterocycles. The van der Waals surface area contributed by atoms with E-state index in [9.17, 15) is 0 Å². The Kier molecular flexibility index (Phi) is 6.12. The first-order chi connectivity index (χ1) is 16.2. The molecule has 0 bridgehead atoms. The number of benzene rings is 3. The summed E-state index contributed by atoms with van der Waals surface area (Å²) in [7, 11) is 1.74. The lowest BCUT2D eigenvalue weighted by atomic mass is 9.83. The van der Waals surface area contributed by atoms with Gasteiger partial charge in [-0.1, -0.05) is 78.9 Å². The second-order valence-electron chi connectivity index (χ2n) is 8.72. The standard InChI is InChI=1S/C30H29NO2/c1-21-17-18-22(20-27(21)32-2)19-25-15-9-10-16-26(25)30-31-28(23-11-5-3-6-12-23)29(33-30)24-13-7-4-8-14-24/h3-8,11-14,16-18,20,25H,9-10,15,19H2,1-2H3. The molecule has 3 nitrogen and oxygen atoms in total. The number of hydrogen-bond donors (Lipinski definition) is 0. The summed E-state index contributed by atoms with van der Waals surface area (Å²) in [5.74, 6) is 2.90. The number of allylic oxidation sites excluding steroid dienone is 2. The van der Waals surface area contributed by atoms with E-state index < -0.39 is 0 Å². The highest BCUT2D eigenvalue weighted by molar-refractivity contribution is 5.79. The fourth-order valence-corrected chi connectivity index (χ4v) is 4.71. The van der Waals surface area contributed by atoms with Crippen molar-refractivity contribution in [3.63, 3.8) is 0 Å². The van der Waals surface area contributed by atoms with Crippen LogP contribution in [-0.2, 0) is 6.42 Å². The molecule has 1 heterocycles. The van der Waals surface area contributed by atoms with E-state index in [4.69, 9.17) is 14.1 Å². The van der Waals surface area contributed by atoms with E-state index in [1.165, 1.54) is 17.6 Å². The molecule has 3 aromatic carbocycles. The molecule has 0 amide bonds. The Balaban J connectivity index is 1.53. The number of hydrogen-bond acceptors (Lipinski definition) is 3. The molecule has 1 aliphatic carbocycles. The summed E-state index contributed by atoms with van der Waals surface area (Å²) in [4.78, 5) is 5.06. The van der Waals surface area contributed by atoms with Crippen molar-refractivity contribution in [2.45, 2.75) is 32.6 Å². The van der Waals surface area contributed by atoms with Gasteiger partial charge in [0.1, 0.15) is 11.4 Å². The van der Waals surface area contributed by atoms with Gasteiger partial charge in [-0.25, -0.2) is 4.98 Å². The second-order valence-corrected chi connectivity index (χ2v) is 8.72. The molecule has 0 spiro atoms.